The first-order valence-corrected chi connectivity index (χ1v) is 11.5. The van der Waals surface area contributed by atoms with E-state index in [-0.39, 0.29) is 5.57 Å². The molecule has 1 aliphatic rings. The Bertz CT molecular complexity index is 481. The molecule has 0 bridgehead atoms. The van der Waals surface area contributed by atoms with Crippen LogP contribution in [0.2, 0.25) is 25.7 Å². The summed E-state index contributed by atoms with van der Waals surface area (Å²) in [4.78, 5) is 0. The predicted octanol–water partition coefficient (Wildman–Crippen LogP) is 5.44. The summed E-state index contributed by atoms with van der Waals surface area (Å²) in [5.74, 6) is 0. The van der Waals surface area contributed by atoms with Gasteiger partial charge in [0, 0.05) is 13.6 Å². The lowest BCUT2D eigenvalue weighted by Gasteiger charge is -2.32. The largest absolute Gasteiger partial charge is 0.495 e. The Kier molecular flexibility index (Phi) is 5.53. The summed E-state index contributed by atoms with van der Waals surface area (Å²) in [5.41, 5.74) is 0.378. The monoisotopic (exact) mass is 330 g/mol. The molecule has 1 fully saturated rings. The summed E-state index contributed by atoms with van der Waals surface area (Å²) in [7, 11) is -2.43. The first-order chi connectivity index (χ1) is 9.68. The lowest BCUT2D eigenvalue weighted by atomic mass is 9.72. The zero-order chi connectivity index (χ0) is 17.5. The third kappa shape index (κ3) is 4.30. The molecule has 0 unspecified atom stereocenters. The lowest BCUT2D eigenvalue weighted by molar-refractivity contribution is 0.00578. The van der Waals surface area contributed by atoms with Gasteiger partial charge in [0.2, 0.25) is 0 Å². The summed E-state index contributed by atoms with van der Waals surface area (Å²) in [5, 5.41) is 0. The molecule has 0 N–H and O–H groups in total. The van der Waals surface area contributed by atoms with E-state index in [1.807, 2.05) is 41.5 Å². The van der Waals surface area contributed by atoms with Gasteiger partial charge in [-0.2, -0.15) is 8.78 Å². The predicted molar refractivity (Wildman–Crippen MR) is 91.9 cm³/mol. The summed E-state index contributed by atoms with van der Waals surface area (Å²) in [6.07, 6.45) is -1.62. The van der Waals surface area contributed by atoms with E-state index in [9.17, 15) is 8.78 Å². The summed E-state index contributed by atoms with van der Waals surface area (Å²) < 4.78 is 39.3. The Morgan fingerprint density at radius 1 is 0.955 bits per heavy atom. The van der Waals surface area contributed by atoms with Crippen molar-refractivity contribution in [3.63, 3.8) is 0 Å². The van der Waals surface area contributed by atoms with E-state index in [2.05, 4.69) is 19.6 Å². The standard InChI is InChI=1S/C16H29BF2O2Si/c1-11(2)13(12(14(18)19)10-22(7,8)9)17-20-15(3,4)16(5,6)21-17/h10H2,1-9H3. The quantitative estimate of drug-likeness (QED) is 0.504. The van der Waals surface area contributed by atoms with Crippen LogP contribution >= 0.6 is 0 Å². The minimum absolute atomic E-state index is 0.109. The van der Waals surface area contributed by atoms with Gasteiger partial charge in [0.25, 0.3) is 6.08 Å². The highest BCUT2D eigenvalue weighted by molar-refractivity contribution is 6.77. The molecule has 22 heavy (non-hydrogen) atoms. The van der Waals surface area contributed by atoms with Gasteiger partial charge in [-0.05, 0) is 53.1 Å². The van der Waals surface area contributed by atoms with Crippen LogP contribution in [0.15, 0.2) is 22.7 Å². The van der Waals surface area contributed by atoms with Gasteiger partial charge in [0.1, 0.15) is 0 Å². The van der Waals surface area contributed by atoms with Gasteiger partial charge in [-0.3, -0.25) is 0 Å². The van der Waals surface area contributed by atoms with Gasteiger partial charge >= 0.3 is 7.12 Å². The molecular weight excluding hydrogens is 301 g/mol. The average molecular weight is 330 g/mol. The van der Waals surface area contributed by atoms with Crippen molar-refractivity contribution in [1.29, 1.82) is 0 Å². The van der Waals surface area contributed by atoms with Crippen LogP contribution in [0.3, 0.4) is 0 Å². The third-order valence-electron chi connectivity index (χ3n) is 4.29. The van der Waals surface area contributed by atoms with Crippen LogP contribution in [0.4, 0.5) is 8.78 Å². The highest BCUT2D eigenvalue weighted by atomic mass is 28.3. The van der Waals surface area contributed by atoms with Crippen molar-refractivity contribution in [3.05, 3.63) is 22.7 Å². The van der Waals surface area contributed by atoms with Crippen molar-refractivity contribution in [3.8, 4) is 0 Å². The second kappa shape index (κ2) is 6.21. The first-order valence-electron chi connectivity index (χ1n) is 7.75. The minimum Gasteiger partial charge on any atom is -0.399 e. The maximum absolute atomic E-state index is 13.6. The van der Waals surface area contributed by atoms with Crippen LogP contribution in [-0.2, 0) is 9.31 Å². The molecule has 0 aromatic carbocycles. The van der Waals surface area contributed by atoms with Crippen LogP contribution < -0.4 is 0 Å². The second-order valence-corrected chi connectivity index (χ2v) is 14.0. The van der Waals surface area contributed by atoms with Crippen LogP contribution in [-0.4, -0.2) is 26.4 Å². The SMILES string of the molecule is CC(C)=C(B1OC(C)(C)C(C)(C)O1)C(C[Si](C)(C)C)=C(F)F. The molecule has 1 saturated heterocycles. The molecule has 126 valence electrons. The van der Waals surface area contributed by atoms with Crippen LogP contribution in [0.25, 0.3) is 0 Å². The fraction of sp³-hybridized carbons (Fsp3) is 0.750. The van der Waals surface area contributed by atoms with E-state index in [0.717, 1.165) is 5.57 Å². The van der Waals surface area contributed by atoms with Crippen molar-refractivity contribution in [2.75, 3.05) is 0 Å². The van der Waals surface area contributed by atoms with Crippen LogP contribution in [0.5, 0.6) is 0 Å². The van der Waals surface area contributed by atoms with Gasteiger partial charge in [0.15, 0.2) is 0 Å². The lowest BCUT2D eigenvalue weighted by Crippen LogP contribution is -2.41. The van der Waals surface area contributed by atoms with E-state index in [0.29, 0.717) is 11.5 Å². The third-order valence-corrected chi connectivity index (χ3v) is 5.70. The van der Waals surface area contributed by atoms with E-state index in [4.69, 9.17) is 9.31 Å². The summed E-state index contributed by atoms with van der Waals surface area (Å²) >= 11 is 0. The van der Waals surface area contributed by atoms with Crippen molar-refractivity contribution >= 4 is 15.2 Å². The van der Waals surface area contributed by atoms with Crippen LogP contribution in [0, 0.1) is 0 Å². The number of rotatable bonds is 4. The normalized spacial score (nSPS) is 20.0. The van der Waals surface area contributed by atoms with E-state index in [1.165, 1.54) is 0 Å². The fourth-order valence-corrected chi connectivity index (χ4v) is 3.82. The van der Waals surface area contributed by atoms with E-state index >= 15 is 0 Å². The Balaban J connectivity index is 3.28. The fourth-order valence-electron chi connectivity index (χ4n) is 2.43. The zero-order valence-electron chi connectivity index (χ0n) is 15.4. The topological polar surface area (TPSA) is 18.5 Å². The van der Waals surface area contributed by atoms with Gasteiger partial charge in [-0.1, -0.05) is 25.2 Å². The van der Waals surface area contributed by atoms with Crippen LogP contribution in [0.1, 0.15) is 41.5 Å². The number of allylic oxidation sites excluding steroid dienone is 3. The molecule has 2 nitrogen and oxygen atoms in total. The minimum atomic E-state index is -1.70. The molecule has 6 heteroatoms. The molecule has 0 saturated carbocycles. The average Bonchev–Trinajstić information content (AvgIpc) is 2.43. The molecule has 0 radical (unpaired) electrons. The van der Waals surface area contributed by atoms with Crippen molar-refractivity contribution in [1.82, 2.24) is 0 Å². The van der Waals surface area contributed by atoms with Gasteiger partial charge < -0.3 is 9.31 Å². The Morgan fingerprint density at radius 2 is 1.36 bits per heavy atom. The highest BCUT2D eigenvalue weighted by Crippen LogP contribution is 2.42. The number of hydrogen-bond acceptors (Lipinski definition) is 2. The molecule has 0 aliphatic carbocycles. The number of halogens is 2. The van der Waals surface area contributed by atoms with Crippen molar-refractivity contribution < 1.29 is 18.1 Å². The molecule has 1 rings (SSSR count). The molecule has 0 spiro atoms. The molecule has 0 aromatic heterocycles. The van der Waals surface area contributed by atoms with Gasteiger partial charge in [-0.15, -0.1) is 0 Å². The molecule has 1 heterocycles. The van der Waals surface area contributed by atoms with Gasteiger partial charge in [-0.25, -0.2) is 0 Å². The molecular formula is C16H29BF2O2Si. The Morgan fingerprint density at radius 3 is 1.64 bits per heavy atom. The molecule has 1 aliphatic heterocycles. The van der Waals surface area contributed by atoms with E-state index in [1.54, 1.807) is 0 Å². The van der Waals surface area contributed by atoms with E-state index < -0.39 is 32.5 Å². The smallest absolute Gasteiger partial charge is 0.399 e. The zero-order valence-corrected chi connectivity index (χ0v) is 16.4. The Labute approximate surface area is 135 Å². The number of hydrogen-bond donors (Lipinski definition) is 0. The first kappa shape index (κ1) is 19.6. The maximum atomic E-state index is 13.6. The van der Waals surface area contributed by atoms with Crippen molar-refractivity contribution in [2.45, 2.75) is 78.4 Å². The maximum Gasteiger partial charge on any atom is 0.495 e. The molecule has 0 aromatic rings. The molecule has 0 amide bonds. The Hall–Kier alpha value is -0.458. The summed E-state index contributed by atoms with van der Waals surface area (Å²) in [6, 6.07) is 0.417. The summed E-state index contributed by atoms with van der Waals surface area (Å²) in [6.45, 7) is 17.7. The van der Waals surface area contributed by atoms with Gasteiger partial charge in [0.05, 0.1) is 11.2 Å². The molecule has 0 atom stereocenters. The van der Waals surface area contributed by atoms with Crippen molar-refractivity contribution in [2.24, 2.45) is 0 Å². The highest BCUT2D eigenvalue weighted by Gasteiger charge is 2.53. The second-order valence-electron chi connectivity index (χ2n) is 8.48.